The van der Waals surface area contributed by atoms with E-state index >= 15 is 0 Å². The highest BCUT2D eigenvalue weighted by Gasteiger charge is 1.99. The zero-order chi connectivity index (χ0) is 15.8. The molecule has 0 saturated heterocycles. The van der Waals surface area contributed by atoms with Crippen LogP contribution in [0.15, 0.2) is 78.9 Å². The van der Waals surface area contributed by atoms with Gasteiger partial charge in [-0.05, 0) is 42.5 Å². The molecule has 3 aromatic rings. The molecular weight excluding hydrogens is 264 g/mol. The van der Waals surface area contributed by atoms with E-state index in [0.29, 0.717) is 0 Å². The molecule has 0 radical (unpaired) electrons. The van der Waals surface area contributed by atoms with Gasteiger partial charge in [-0.25, -0.2) is 0 Å². The van der Waals surface area contributed by atoms with E-state index in [1.54, 1.807) is 0 Å². The zero-order valence-electron chi connectivity index (χ0n) is 13.7. The maximum Gasteiger partial charge on any atom is -0.0155 e. The summed E-state index contributed by atoms with van der Waals surface area (Å²) in [6, 6.07) is 27.6. The maximum absolute atomic E-state index is 2.21. The second-order valence-corrected chi connectivity index (χ2v) is 5.52. The molecule has 0 aliphatic heterocycles. The Morgan fingerprint density at radius 2 is 1.23 bits per heavy atom. The molecule has 0 amide bonds. The molecule has 0 aliphatic rings. The van der Waals surface area contributed by atoms with Gasteiger partial charge in [-0.1, -0.05) is 91.3 Å². The minimum absolute atomic E-state index is 1.11. The van der Waals surface area contributed by atoms with E-state index in [0.717, 1.165) is 6.42 Å². The Balaban J connectivity index is 0.000000211. The van der Waals surface area contributed by atoms with E-state index in [9.17, 15) is 0 Å². The topological polar surface area (TPSA) is 0 Å². The van der Waals surface area contributed by atoms with Crippen molar-refractivity contribution >= 4 is 0 Å². The molecule has 3 aromatic carbocycles. The summed E-state index contributed by atoms with van der Waals surface area (Å²) in [5.41, 5.74) is 6.70. The van der Waals surface area contributed by atoms with Crippen molar-refractivity contribution in [1.82, 2.24) is 0 Å². The van der Waals surface area contributed by atoms with Crippen LogP contribution in [-0.2, 0) is 6.42 Å². The van der Waals surface area contributed by atoms with Crippen LogP contribution in [-0.4, -0.2) is 0 Å². The van der Waals surface area contributed by atoms with Gasteiger partial charge in [0.05, 0.1) is 0 Å². The summed E-state index contributed by atoms with van der Waals surface area (Å²) >= 11 is 0. The lowest BCUT2D eigenvalue weighted by Gasteiger charge is -2.06. The summed E-state index contributed by atoms with van der Waals surface area (Å²) in [7, 11) is 0. The molecule has 0 heterocycles. The van der Waals surface area contributed by atoms with Crippen molar-refractivity contribution in [2.24, 2.45) is 0 Å². The molecule has 0 heteroatoms. The van der Waals surface area contributed by atoms with Gasteiger partial charge < -0.3 is 0 Å². The van der Waals surface area contributed by atoms with Gasteiger partial charge in [0.2, 0.25) is 0 Å². The van der Waals surface area contributed by atoms with Crippen LogP contribution in [0.5, 0.6) is 0 Å². The van der Waals surface area contributed by atoms with Gasteiger partial charge in [0.15, 0.2) is 0 Å². The second-order valence-electron chi connectivity index (χ2n) is 5.52. The number of aryl methyl sites for hydroxylation is 3. The third-order valence-corrected chi connectivity index (χ3v) is 3.76. The maximum atomic E-state index is 2.21. The van der Waals surface area contributed by atoms with Crippen molar-refractivity contribution in [2.45, 2.75) is 27.2 Å². The standard InChI is InChI=1S/C15H16.C7H8/c1-3-13-8-10-14(11-9-13)15-7-5-4-6-12(15)2;1-7-5-3-2-4-6-7/h4-11H,3H2,1-2H3;2-6H,1H3. The van der Waals surface area contributed by atoms with Crippen molar-refractivity contribution in [2.75, 3.05) is 0 Å². The predicted molar refractivity (Wildman–Crippen MR) is 97.2 cm³/mol. The smallest absolute Gasteiger partial charge is 0.0155 e. The molecule has 0 unspecified atom stereocenters. The number of benzene rings is 3. The molecule has 0 saturated carbocycles. The molecule has 22 heavy (non-hydrogen) atoms. The van der Waals surface area contributed by atoms with Crippen molar-refractivity contribution < 1.29 is 0 Å². The Bertz CT molecular complexity index is 679. The van der Waals surface area contributed by atoms with Gasteiger partial charge in [-0.2, -0.15) is 0 Å². The Morgan fingerprint density at radius 3 is 1.73 bits per heavy atom. The first-order valence-corrected chi connectivity index (χ1v) is 7.87. The van der Waals surface area contributed by atoms with E-state index < -0.39 is 0 Å². The quantitative estimate of drug-likeness (QED) is 0.525. The van der Waals surface area contributed by atoms with Gasteiger partial charge in [0.1, 0.15) is 0 Å². The van der Waals surface area contributed by atoms with Crippen LogP contribution in [0, 0.1) is 13.8 Å². The zero-order valence-corrected chi connectivity index (χ0v) is 13.7. The average molecular weight is 288 g/mol. The van der Waals surface area contributed by atoms with Gasteiger partial charge in [0, 0.05) is 0 Å². The lowest BCUT2D eigenvalue weighted by Crippen LogP contribution is -1.84. The highest BCUT2D eigenvalue weighted by Crippen LogP contribution is 2.23. The summed E-state index contributed by atoms with van der Waals surface area (Å²) in [4.78, 5) is 0. The van der Waals surface area contributed by atoms with E-state index in [-0.39, 0.29) is 0 Å². The molecule has 3 rings (SSSR count). The van der Waals surface area contributed by atoms with Crippen LogP contribution in [0.4, 0.5) is 0 Å². The van der Waals surface area contributed by atoms with E-state index in [4.69, 9.17) is 0 Å². The molecule has 0 N–H and O–H groups in total. The lowest BCUT2D eigenvalue weighted by molar-refractivity contribution is 1.14. The van der Waals surface area contributed by atoms with Gasteiger partial charge in [-0.3, -0.25) is 0 Å². The summed E-state index contributed by atoms with van der Waals surface area (Å²) in [5.74, 6) is 0. The monoisotopic (exact) mass is 288 g/mol. The van der Waals surface area contributed by atoms with Gasteiger partial charge >= 0.3 is 0 Å². The Morgan fingerprint density at radius 1 is 0.636 bits per heavy atom. The second kappa shape index (κ2) is 8.19. The van der Waals surface area contributed by atoms with E-state index in [2.05, 4.69) is 81.4 Å². The van der Waals surface area contributed by atoms with Crippen LogP contribution >= 0.6 is 0 Å². The summed E-state index contributed by atoms with van der Waals surface area (Å²) < 4.78 is 0. The fourth-order valence-electron chi connectivity index (χ4n) is 2.35. The first-order chi connectivity index (χ1) is 10.7. The summed E-state index contributed by atoms with van der Waals surface area (Å²) in [6.07, 6.45) is 1.11. The summed E-state index contributed by atoms with van der Waals surface area (Å²) in [6.45, 7) is 6.42. The minimum atomic E-state index is 1.11. The van der Waals surface area contributed by atoms with Crippen LogP contribution in [0.1, 0.15) is 23.6 Å². The number of hydrogen-bond acceptors (Lipinski definition) is 0. The Labute approximate surface area is 134 Å². The Kier molecular flexibility index (Phi) is 5.97. The fourth-order valence-corrected chi connectivity index (χ4v) is 2.35. The predicted octanol–water partition coefficient (Wildman–Crippen LogP) is 6.22. The molecule has 0 aromatic heterocycles. The highest BCUT2D eigenvalue weighted by molar-refractivity contribution is 5.67. The Hall–Kier alpha value is -2.34. The van der Waals surface area contributed by atoms with E-state index in [1.165, 1.54) is 27.8 Å². The number of hydrogen-bond donors (Lipinski definition) is 0. The fraction of sp³-hybridized carbons (Fsp3) is 0.182. The molecule has 0 nitrogen and oxygen atoms in total. The van der Waals surface area contributed by atoms with Crippen molar-refractivity contribution in [3.8, 4) is 11.1 Å². The van der Waals surface area contributed by atoms with Crippen LogP contribution in [0.25, 0.3) is 11.1 Å². The normalized spacial score (nSPS) is 9.77. The molecule has 112 valence electrons. The average Bonchev–Trinajstić information content (AvgIpc) is 2.57. The first kappa shape index (κ1) is 16.0. The number of rotatable bonds is 2. The molecule has 0 atom stereocenters. The minimum Gasteiger partial charge on any atom is -0.0622 e. The molecule has 0 spiro atoms. The third-order valence-electron chi connectivity index (χ3n) is 3.76. The molecule has 0 aliphatic carbocycles. The van der Waals surface area contributed by atoms with E-state index in [1.807, 2.05) is 18.2 Å². The summed E-state index contributed by atoms with van der Waals surface area (Å²) in [5, 5.41) is 0. The largest absolute Gasteiger partial charge is 0.0622 e. The van der Waals surface area contributed by atoms with Crippen LogP contribution in [0.3, 0.4) is 0 Å². The first-order valence-electron chi connectivity index (χ1n) is 7.87. The van der Waals surface area contributed by atoms with Crippen molar-refractivity contribution in [1.29, 1.82) is 0 Å². The third kappa shape index (κ3) is 4.60. The molecule has 0 bridgehead atoms. The van der Waals surface area contributed by atoms with Crippen LogP contribution < -0.4 is 0 Å². The van der Waals surface area contributed by atoms with Gasteiger partial charge in [0.25, 0.3) is 0 Å². The SMILES string of the molecule is CCc1ccc(-c2ccccc2C)cc1.Cc1ccccc1. The lowest BCUT2D eigenvalue weighted by atomic mass is 9.99. The molecule has 0 fully saturated rings. The van der Waals surface area contributed by atoms with Gasteiger partial charge in [-0.15, -0.1) is 0 Å². The molecular formula is C22H24. The van der Waals surface area contributed by atoms with Crippen molar-refractivity contribution in [3.05, 3.63) is 95.6 Å². The van der Waals surface area contributed by atoms with Crippen molar-refractivity contribution in [3.63, 3.8) is 0 Å². The van der Waals surface area contributed by atoms with Crippen LogP contribution in [0.2, 0.25) is 0 Å². The highest BCUT2D eigenvalue weighted by atomic mass is 14.0.